The summed E-state index contributed by atoms with van der Waals surface area (Å²) in [5.74, 6) is 0.933. The van der Waals surface area contributed by atoms with Crippen molar-refractivity contribution in [2.75, 3.05) is 19.6 Å². The third-order valence-electron chi connectivity index (χ3n) is 3.59. The fraction of sp³-hybridized carbons (Fsp3) is 0.923. The Kier molecular flexibility index (Phi) is 4.78. The Labute approximate surface area is 99.4 Å². The SMILES string of the molecule is CC(C)(C)C1CCCN(C(=O)CCCN)C1. The Hall–Kier alpha value is -0.570. The average Bonchev–Trinajstić information content (AvgIpc) is 2.25. The van der Waals surface area contributed by atoms with Gasteiger partial charge in [0.15, 0.2) is 0 Å². The monoisotopic (exact) mass is 226 g/mol. The van der Waals surface area contributed by atoms with E-state index in [0.717, 1.165) is 25.9 Å². The molecule has 0 radical (unpaired) electrons. The lowest BCUT2D eigenvalue weighted by molar-refractivity contribution is -0.133. The lowest BCUT2D eigenvalue weighted by Crippen LogP contribution is -2.43. The number of nitrogens with two attached hydrogens (primary N) is 1. The van der Waals surface area contributed by atoms with Crippen LogP contribution in [-0.4, -0.2) is 30.4 Å². The number of carbonyl (C=O) groups is 1. The van der Waals surface area contributed by atoms with Gasteiger partial charge < -0.3 is 10.6 Å². The lowest BCUT2D eigenvalue weighted by Gasteiger charge is -2.39. The topological polar surface area (TPSA) is 46.3 Å². The van der Waals surface area contributed by atoms with Crippen LogP contribution in [-0.2, 0) is 4.79 Å². The largest absolute Gasteiger partial charge is 0.342 e. The number of carbonyl (C=O) groups excluding carboxylic acids is 1. The van der Waals surface area contributed by atoms with Crippen LogP contribution in [0.15, 0.2) is 0 Å². The Morgan fingerprint density at radius 1 is 1.44 bits per heavy atom. The van der Waals surface area contributed by atoms with E-state index in [0.29, 0.717) is 30.2 Å². The summed E-state index contributed by atoms with van der Waals surface area (Å²) in [6.45, 7) is 9.30. The first-order valence-electron chi connectivity index (χ1n) is 6.43. The van der Waals surface area contributed by atoms with Gasteiger partial charge >= 0.3 is 0 Å². The zero-order valence-corrected chi connectivity index (χ0v) is 11.0. The Balaban J connectivity index is 2.47. The van der Waals surface area contributed by atoms with Crippen molar-refractivity contribution in [3.05, 3.63) is 0 Å². The summed E-state index contributed by atoms with van der Waals surface area (Å²) >= 11 is 0. The third-order valence-corrected chi connectivity index (χ3v) is 3.59. The predicted octanol–water partition coefficient (Wildman–Crippen LogP) is 2.01. The van der Waals surface area contributed by atoms with Crippen molar-refractivity contribution in [3.63, 3.8) is 0 Å². The first-order chi connectivity index (χ1) is 7.45. The van der Waals surface area contributed by atoms with Crippen LogP contribution >= 0.6 is 0 Å². The summed E-state index contributed by atoms with van der Waals surface area (Å²) in [6, 6.07) is 0. The van der Waals surface area contributed by atoms with E-state index in [1.165, 1.54) is 6.42 Å². The minimum Gasteiger partial charge on any atom is -0.342 e. The van der Waals surface area contributed by atoms with Crippen molar-refractivity contribution in [2.45, 2.75) is 46.5 Å². The standard InChI is InChI=1S/C13H26N2O/c1-13(2,3)11-6-5-9-15(10-11)12(16)7-4-8-14/h11H,4-10,14H2,1-3H3. The van der Waals surface area contributed by atoms with Gasteiger partial charge in [0.1, 0.15) is 0 Å². The molecule has 16 heavy (non-hydrogen) atoms. The van der Waals surface area contributed by atoms with Gasteiger partial charge in [0.2, 0.25) is 5.91 Å². The number of nitrogens with zero attached hydrogens (tertiary/aromatic N) is 1. The predicted molar refractivity (Wildman–Crippen MR) is 67.0 cm³/mol. The average molecular weight is 226 g/mol. The first kappa shape index (κ1) is 13.5. The first-order valence-corrected chi connectivity index (χ1v) is 6.43. The van der Waals surface area contributed by atoms with Crippen molar-refractivity contribution in [1.29, 1.82) is 0 Å². The number of hydrogen-bond acceptors (Lipinski definition) is 2. The highest BCUT2D eigenvalue weighted by Gasteiger charge is 2.30. The lowest BCUT2D eigenvalue weighted by atomic mass is 9.76. The summed E-state index contributed by atoms with van der Waals surface area (Å²) in [6.07, 6.45) is 3.84. The molecule has 3 heteroatoms. The molecule has 0 spiro atoms. The second kappa shape index (κ2) is 5.67. The van der Waals surface area contributed by atoms with Crippen molar-refractivity contribution < 1.29 is 4.79 Å². The van der Waals surface area contributed by atoms with E-state index < -0.39 is 0 Å². The van der Waals surface area contributed by atoms with Gasteiger partial charge in [-0.05, 0) is 37.1 Å². The molecule has 1 aliphatic heterocycles. The Morgan fingerprint density at radius 2 is 2.12 bits per heavy atom. The molecule has 1 saturated heterocycles. The number of hydrogen-bond donors (Lipinski definition) is 1. The molecule has 94 valence electrons. The highest BCUT2D eigenvalue weighted by molar-refractivity contribution is 5.76. The molecule has 0 aromatic rings. The molecule has 1 aliphatic rings. The molecular formula is C13H26N2O. The number of amides is 1. The van der Waals surface area contributed by atoms with Gasteiger partial charge in [-0.3, -0.25) is 4.79 Å². The van der Waals surface area contributed by atoms with Gasteiger partial charge in [0.25, 0.3) is 0 Å². The van der Waals surface area contributed by atoms with Crippen molar-refractivity contribution in [3.8, 4) is 0 Å². The van der Waals surface area contributed by atoms with E-state index in [4.69, 9.17) is 5.73 Å². The molecule has 3 nitrogen and oxygen atoms in total. The minimum absolute atomic E-state index is 0.291. The van der Waals surface area contributed by atoms with E-state index >= 15 is 0 Å². The minimum atomic E-state index is 0.291. The molecule has 1 atom stereocenters. The van der Waals surface area contributed by atoms with Crippen LogP contribution in [0, 0.1) is 11.3 Å². The van der Waals surface area contributed by atoms with Crippen LogP contribution in [0.2, 0.25) is 0 Å². The van der Waals surface area contributed by atoms with Crippen molar-refractivity contribution in [2.24, 2.45) is 17.1 Å². The number of rotatable bonds is 3. The van der Waals surface area contributed by atoms with E-state index in [9.17, 15) is 4.79 Å². The molecule has 1 amide bonds. The molecule has 0 bridgehead atoms. The zero-order chi connectivity index (χ0) is 12.2. The molecule has 1 heterocycles. The molecule has 0 aromatic heterocycles. The highest BCUT2D eigenvalue weighted by atomic mass is 16.2. The van der Waals surface area contributed by atoms with Gasteiger partial charge in [0, 0.05) is 19.5 Å². The fourth-order valence-corrected chi connectivity index (χ4v) is 2.32. The van der Waals surface area contributed by atoms with Crippen molar-refractivity contribution in [1.82, 2.24) is 4.90 Å². The third kappa shape index (κ3) is 3.78. The summed E-state index contributed by atoms with van der Waals surface area (Å²) in [5, 5.41) is 0. The van der Waals surface area contributed by atoms with Crippen LogP contribution in [0.25, 0.3) is 0 Å². The Bertz CT molecular complexity index is 233. The second-order valence-corrected chi connectivity index (χ2v) is 5.94. The van der Waals surface area contributed by atoms with Crippen LogP contribution in [0.5, 0.6) is 0 Å². The molecule has 1 unspecified atom stereocenters. The number of likely N-dealkylation sites (tertiary alicyclic amines) is 1. The molecular weight excluding hydrogens is 200 g/mol. The van der Waals surface area contributed by atoms with E-state index in [2.05, 4.69) is 20.8 Å². The Morgan fingerprint density at radius 3 is 2.69 bits per heavy atom. The molecule has 0 aliphatic carbocycles. The van der Waals surface area contributed by atoms with Gasteiger partial charge in [-0.1, -0.05) is 20.8 Å². The van der Waals surface area contributed by atoms with Crippen LogP contribution in [0.1, 0.15) is 46.5 Å². The van der Waals surface area contributed by atoms with Gasteiger partial charge in [-0.25, -0.2) is 0 Å². The maximum absolute atomic E-state index is 11.9. The maximum Gasteiger partial charge on any atom is 0.222 e. The summed E-state index contributed by atoms with van der Waals surface area (Å²) in [4.78, 5) is 13.9. The second-order valence-electron chi connectivity index (χ2n) is 5.94. The van der Waals surface area contributed by atoms with Gasteiger partial charge in [-0.2, -0.15) is 0 Å². The molecule has 1 fully saturated rings. The van der Waals surface area contributed by atoms with E-state index in [1.54, 1.807) is 0 Å². The van der Waals surface area contributed by atoms with Crippen LogP contribution in [0.3, 0.4) is 0 Å². The molecule has 2 N–H and O–H groups in total. The summed E-state index contributed by atoms with van der Waals surface area (Å²) < 4.78 is 0. The van der Waals surface area contributed by atoms with E-state index in [1.807, 2.05) is 4.90 Å². The normalized spacial score (nSPS) is 22.2. The fourth-order valence-electron chi connectivity index (χ4n) is 2.32. The zero-order valence-electron chi connectivity index (χ0n) is 11.0. The van der Waals surface area contributed by atoms with Crippen LogP contribution in [0.4, 0.5) is 0 Å². The maximum atomic E-state index is 11.9. The summed E-state index contributed by atoms with van der Waals surface area (Å²) in [5.41, 5.74) is 5.74. The van der Waals surface area contributed by atoms with E-state index in [-0.39, 0.29) is 0 Å². The van der Waals surface area contributed by atoms with Gasteiger partial charge in [-0.15, -0.1) is 0 Å². The smallest absolute Gasteiger partial charge is 0.222 e. The summed E-state index contributed by atoms with van der Waals surface area (Å²) in [7, 11) is 0. The number of piperidine rings is 1. The molecule has 0 saturated carbocycles. The van der Waals surface area contributed by atoms with Crippen LogP contribution < -0.4 is 5.73 Å². The highest BCUT2D eigenvalue weighted by Crippen LogP contribution is 2.33. The quantitative estimate of drug-likeness (QED) is 0.800. The molecule has 1 rings (SSSR count). The van der Waals surface area contributed by atoms with Crippen molar-refractivity contribution >= 4 is 5.91 Å². The molecule has 0 aromatic carbocycles. The van der Waals surface area contributed by atoms with Gasteiger partial charge in [0.05, 0.1) is 0 Å².